The van der Waals surface area contributed by atoms with Gasteiger partial charge in [-0.3, -0.25) is 0 Å². The van der Waals surface area contributed by atoms with E-state index in [0.717, 1.165) is 6.54 Å². The van der Waals surface area contributed by atoms with Gasteiger partial charge in [-0.05, 0) is 35.6 Å². The monoisotopic (exact) mass is 262 g/mol. The minimum absolute atomic E-state index is 0.500. The zero-order valence-corrected chi connectivity index (χ0v) is 11.4. The van der Waals surface area contributed by atoms with E-state index >= 15 is 0 Å². The Balaban J connectivity index is 1.54. The molecule has 0 spiro atoms. The molecule has 2 N–H and O–H groups in total. The van der Waals surface area contributed by atoms with Crippen molar-refractivity contribution in [2.75, 3.05) is 0 Å². The molecule has 100 valence electrons. The first-order chi connectivity index (χ1) is 9.92. The largest absolute Gasteiger partial charge is 0.361 e. The standard InChI is InChI=1S/C18H18N2/c1-2-6-15-13(5-1)9-10-18(15)20-12-14-11-19-17-8-4-3-7-16(14)17/h1-8,11,18-20H,9-10,12H2. The van der Waals surface area contributed by atoms with Crippen LogP contribution in [0.1, 0.15) is 29.2 Å². The van der Waals surface area contributed by atoms with Gasteiger partial charge in [0.15, 0.2) is 0 Å². The molecule has 2 aromatic carbocycles. The highest BCUT2D eigenvalue weighted by Crippen LogP contribution is 2.31. The van der Waals surface area contributed by atoms with Crippen LogP contribution in [-0.2, 0) is 13.0 Å². The molecular weight excluding hydrogens is 244 g/mol. The van der Waals surface area contributed by atoms with Crippen LogP contribution in [0.4, 0.5) is 0 Å². The summed E-state index contributed by atoms with van der Waals surface area (Å²) in [6.45, 7) is 0.920. The van der Waals surface area contributed by atoms with Crippen LogP contribution in [-0.4, -0.2) is 4.98 Å². The summed E-state index contributed by atoms with van der Waals surface area (Å²) in [7, 11) is 0. The number of aromatic amines is 1. The predicted molar refractivity (Wildman–Crippen MR) is 82.6 cm³/mol. The maximum absolute atomic E-state index is 3.71. The zero-order chi connectivity index (χ0) is 13.4. The van der Waals surface area contributed by atoms with Gasteiger partial charge in [-0.25, -0.2) is 0 Å². The molecule has 1 unspecified atom stereocenters. The van der Waals surface area contributed by atoms with E-state index in [1.54, 1.807) is 0 Å². The molecule has 0 saturated carbocycles. The summed E-state index contributed by atoms with van der Waals surface area (Å²) in [5.41, 5.74) is 5.55. The molecule has 0 amide bonds. The van der Waals surface area contributed by atoms with E-state index in [1.165, 1.54) is 40.4 Å². The first-order valence-corrected chi connectivity index (χ1v) is 7.28. The summed E-state index contributed by atoms with van der Waals surface area (Å²) in [4.78, 5) is 3.34. The Hall–Kier alpha value is -2.06. The molecule has 0 saturated heterocycles. The number of hydrogen-bond acceptors (Lipinski definition) is 1. The molecule has 20 heavy (non-hydrogen) atoms. The Morgan fingerprint density at radius 3 is 2.90 bits per heavy atom. The molecule has 0 bridgehead atoms. The molecule has 0 radical (unpaired) electrons. The number of aromatic nitrogens is 1. The molecule has 4 rings (SSSR count). The third kappa shape index (κ3) is 1.93. The molecule has 1 atom stereocenters. The molecule has 1 heterocycles. The van der Waals surface area contributed by atoms with Crippen molar-refractivity contribution < 1.29 is 0 Å². The van der Waals surface area contributed by atoms with Gasteiger partial charge in [0.25, 0.3) is 0 Å². The van der Waals surface area contributed by atoms with Crippen LogP contribution in [0.5, 0.6) is 0 Å². The predicted octanol–water partition coefficient (Wildman–Crippen LogP) is 3.95. The normalized spacial score (nSPS) is 17.5. The SMILES string of the molecule is c1ccc2c(c1)CCC2NCc1c[nH]c2ccccc12. The Bertz CT molecular complexity index is 742. The van der Waals surface area contributed by atoms with Gasteiger partial charge >= 0.3 is 0 Å². The van der Waals surface area contributed by atoms with Crippen LogP contribution in [0.2, 0.25) is 0 Å². The number of H-pyrrole nitrogens is 1. The van der Waals surface area contributed by atoms with Gasteiger partial charge in [-0.1, -0.05) is 42.5 Å². The second-order valence-electron chi connectivity index (χ2n) is 5.53. The van der Waals surface area contributed by atoms with Crippen LogP contribution in [0.15, 0.2) is 54.7 Å². The van der Waals surface area contributed by atoms with Crippen LogP contribution in [0.3, 0.4) is 0 Å². The second-order valence-corrected chi connectivity index (χ2v) is 5.53. The lowest BCUT2D eigenvalue weighted by molar-refractivity contribution is 0.531. The summed E-state index contributed by atoms with van der Waals surface area (Å²) in [6.07, 6.45) is 4.53. The zero-order valence-electron chi connectivity index (χ0n) is 11.4. The highest BCUT2D eigenvalue weighted by molar-refractivity contribution is 5.82. The van der Waals surface area contributed by atoms with Crippen molar-refractivity contribution in [1.82, 2.24) is 10.3 Å². The number of para-hydroxylation sites is 1. The smallest absolute Gasteiger partial charge is 0.0457 e. The van der Waals surface area contributed by atoms with E-state index in [-0.39, 0.29) is 0 Å². The van der Waals surface area contributed by atoms with Gasteiger partial charge < -0.3 is 10.3 Å². The molecule has 1 aliphatic rings. The number of nitrogens with one attached hydrogen (secondary N) is 2. The minimum atomic E-state index is 0.500. The minimum Gasteiger partial charge on any atom is -0.361 e. The van der Waals surface area contributed by atoms with Gasteiger partial charge in [0, 0.05) is 29.7 Å². The Kier molecular flexibility index (Phi) is 2.82. The van der Waals surface area contributed by atoms with Crippen molar-refractivity contribution in [2.45, 2.75) is 25.4 Å². The van der Waals surface area contributed by atoms with Crippen molar-refractivity contribution in [2.24, 2.45) is 0 Å². The molecular formula is C18H18N2. The lowest BCUT2D eigenvalue weighted by Gasteiger charge is -2.13. The molecule has 2 heteroatoms. The Labute approximate surface area is 118 Å². The van der Waals surface area contributed by atoms with E-state index in [4.69, 9.17) is 0 Å². The lowest BCUT2D eigenvalue weighted by Crippen LogP contribution is -2.18. The number of rotatable bonds is 3. The van der Waals surface area contributed by atoms with Crippen molar-refractivity contribution in [1.29, 1.82) is 0 Å². The maximum Gasteiger partial charge on any atom is 0.0457 e. The fourth-order valence-electron chi connectivity index (χ4n) is 3.28. The van der Waals surface area contributed by atoms with E-state index in [0.29, 0.717) is 6.04 Å². The number of fused-ring (bicyclic) bond motifs is 2. The Morgan fingerprint density at radius 2 is 1.90 bits per heavy atom. The van der Waals surface area contributed by atoms with Gasteiger partial charge in [0.1, 0.15) is 0 Å². The van der Waals surface area contributed by atoms with E-state index < -0.39 is 0 Å². The van der Waals surface area contributed by atoms with Gasteiger partial charge in [0.2, 0.25) is 0 Å². The first-order valence-electron chi connectivity index (χ1n) is 7.28. The van der Waals surface area contributed by atoms with Gasteiger partial charge in [-0.15, -0.1) is 0 Å². The molecule has 0 fully saturated rings. The number of benzene rings is 2. The average molecular weight is 262 g/mol. The highest BCUT2D eigenvalue weighted by Gasteiger charge is 2.21. The maximum atomic E-state index is 3.71. The topological polar surface area (TPSA) is 27.8 Å². The van der Waals surface area contributed by atoms with Crippen molar-refractivity contribution in [3.05, 3.63) is 71.4 Å². The van der Waals surface area contributed by atoms with Crippen LogP contribution in [0, 0.1) is 0 Å². The van der Waals surface area contributed by atoms with E-state index in [2.05, 4.69) is 65.0 Å². The summed E-state index contributed by atoms with van der Waals surface area (Å²) >= 11 is 0. The fourth-order valence-corrected chi connectivity index (χ4v) is 3.28. The summed E-state index contributed by atoms with van der Waals surface area (Å²) in [5, 5.41) is 5.04. The molecule has 0 aliphatic heterocycles. The van der Waals surface area contributed by atoms with Crippen LogP contribution in [0.25, 0.3) is 10.9 Å². The molecule has 2 nitrogen and oxygen atoms in total. The van der Waals surface area contributed by atoms with Gasteiger partial charge in [-0.2, -0.15) is 0 Å². The lowest BCUT2D eigenvalue weighted by atomic mass is 10.1. The fraction of sp³-hybridized carbons (Fsp3) is 0.222. The van der Waals surface area contributed by atoms with Crippen LogP contribution < -0.4 is 5.32 Å². The first kappa shape index (κ1) is 11.7. The third-order valence-corrected chi connectivity index (χ3v) is 4.35. The summed E-state index contributed by atoms with van der Waals surface area (Å²) in [5.74, 6) is 0. The number of aryl methyl sites for hydroxylation is 1. The molecule has 1 aromatic heterocycles. The second kappa shape index (κ2) is 4.80. The summed E-state index contributed by atoms with van der Waals surface area (Å²) in [6, 6.07) is 17.8. The van der Waals surface area contributed by atoms with Gasteiger partial charge in [0.05, 0.1) is 0 Å². The van der Waals surface area contributed by atoms with Crippen molar-refractivity contribution >= 4 is 10.9 Å². The quantitative estimate of drug-likeness (QED) is 0.735. The van der Waals surface area contributed by atoms with E-state index in [9.17, 15) is 0 Å². The summed E-state index contributed by atoms with van der Waals surface area (Å²) < 4.78 is 0. The highest BCUT2D eigenvalue weighted by atomic mass is 14.9. The molecule has 3 aromatic rings. The molecule has 1 aliphatic carbocycles. The van der Waals surface area contributed by atoms with Crippen molar-refractivity contribution in [3.63, 3.8) is 0 Å². The Morgan fingerprint density at radius 1 is 1.05 bits per heavy atom. The van der Waals surface area contributed by atoms with Crippen molar-refractivity contribution in [3.8, 4) is 0 Å². The number of hydrogen-bond donors (Lipinski definition) is 2. The van der Waals surface area contributed by atoms with Crippen LogP contribution >= 0.6 is 0 Å². The average Bonchev–Trinajstić information content (AvgIpc) is 3.09. The third-order valence-electron chi connectivity index (χ3n) is 4.35. The van der Waals surface area contributed by atoms with E-state index in [1.807, 2.05) is 0 Å².